The Morgan fingerprint density at radius 2 is 1.71 bits per heavy atom. The van der Waals surface area contributed by atoms with Crippen molar-refractivity contribution >= 4 is 46.3 Å². The topological polar surface area (TPSA) is 102 Å². The van der Waals surface area contributed by atoms with Crippen molar-refractivity contribution in [3.05, 3.63) is 64.9 Å². The van der Waals surface area contributed by atoms with Gasteiger partial charge in [0.1, 0.15) is 12.0 Å². The Balaban J connectivity index is 1.90. The minimum Gasteiger partial charge on any atom is -0.462 e. The molecule has 0 unspecified atom stereocenters. The number of aromatic nitrogens is 2. The number of para-hydroxylation sites is 1. The third kappa shape index (κ3) is 4.15. The van der Waals surface area contributed by atoms with Crippen LogP contribution < -0.4 is 16.4 Å². The average Bonchev–Trinajstić information content (AvgIpc) is 2.69. The number of nitrogens with one attached hydrogen (secondary N) is 2. The van der Waals surface area contributed by atoms with Gasteiger partial charge < -0.3 is 21.1 Å². The van der Waals surface area contributed by atoms with E-state index in [0.29, 0.717) is 33.6 Å². The zero-order valence-corrected chi connectivity index (χ0v) is 16.2. The van der Waals surface area contributed by atoms with Crippen molar-refractivity contribution in [3.63, 3.8) is 0 Å². The molecule has 3 aromatic rings. The van der Waals surface area contributed by atoms with Crippen LogP contribution >= 0.6 is 11.6 Å². The second kappa shape index (κ2) is 8.58. The van der Waals surface area contributed by atoms with Gasteiger partial charge in [0.15, 0.2) is 11.6 Å². The number of carbonyl (C=O) groups is 1. The van der Waals surface area contributed by atoms with Gasteiger partial charge in [-0.15, -0.1) is 0 Å². The van der Waals surface area contributed by atoms with Crippen LogP contribution in [0.25, 0.3) is 0 Å². The van der Waals surface area contributed by atoms with Crippen LogP contribution in [-0.2, 0) is 4.74 Å². The van der Waals surface area contributed by atoms with Crippen LogP contribution in [0.3, 0.4) is 0 Å². The van der Waals surface area contributed by atoms with Gasteiger partial charge in [0.25, 0.3) is 0 Å². The predicted molar refractivity (Wildman–Crippen MR) is 112 cm³/mol. The quantitative estimate of drug-likeness (QED) is 0.518. The van der Waals surface area contributed by atoms with Crippen molar-refractivity contribution < 1.29 is 9.53 Å². The Bertz CT molecular complexity index is 1010. The summed E-state index contributed by atoms with van der Waals surface area (Å²) in [5.41, 5.74) is 9.16. The largest absolute Gasteiger partial charge is 0.462 e. The molecule has 3 rings (SSSR count). The molecule has 0 radical (unpaired) electrons. The number of anilines is 5. The maximum Gasteiger partial charge on any atom is 0.340 e. The molecule has 0 aliphatic rings. The molecule has 0 spiro atoms. The SMILES string of the molecule is CCOC(=O)c1ccccc1Nc1ncnc(Nc2cccc(Cl)c2C)c1N. The lowest BCUT2D eigenvalue weighted by molar-refractivity contribution is 0.0527. The molecule has 0 amide bonds. The van der Waals surface area contributed by atoms with Crippen LogP contribution in [-0.4, -0.2) is 22.5 Å². The average molecular weight is 398 g/mol. The molecular formula is C20H20ClN5O2. The molecular weight excluding hydrogens is 378 g/mol. The molecule has 0 atom stereocenters. The number of benzene rings is 2. The van der Waals surface area contributed by atoms with Crippen molar-refractivity contribution in [2.45, 2.75) is 13.8 Å². The minimum atomic E-state index is -0.425. The summed E-state index contributed by atoms with van der Waals surface area (Å²) < 4.78 is 5.10. The highest BCUT2D eigenvalue weighted by Crippen LogP contribution is 2.31. The van der Waals surface area contributed by atoms with E-state index in [0.717, 1.165) is 11.3 Å². The fraction of sp³-hybridized carbons (Fsp3) is 0.150. The number of carbonyl (C=O) groups excluding carboxylic acids is 1. The van der Waals surface area contributed by atoms with Crippen molar-refractivity contribution in [2.24, 2.45) is 0 Å². The zero-order chi connectivity index (χ0) is 20.1. The first-order valence-electron chi connectivity index (χ1n) is 8.67. The van der Waals surface area contributed by atoms with Gasteiger partial charge in [-0.25, -0.2) is 14.8 Å². The van der Waals surface area contributed by atoms with E-state index < -0.39 is 5.97 Å². The first-order valence-corrected chi connectivity index (χ1v) is 9.04. The number of esters is 1. The summed E-state index contributed by atoms with van der Waals surface area (Å²) in [6, 6.07) is 12.5. The summed E-state index contributed by atoms with van der Waals surface area (Å²) in [5, 5.41) is 6.90. The molecule has 8 heteroatoms. The van der Waals surface area contributed by atoms with Gasteiger partial charge in [0.05, 0.1) is 17.9 Å². The first-order chi connectivity index (χ1) is 13.5. The Morgan fingerprint density at radius 1 is 1.07 bits per heavy atom. The number of hydrogen-bond donors (Lipinski definition) is 3. The molecule has 0 saturated carbocycles. The van der Waals surface area contributed by atoms with Crippen LogP contribution in [0.2, 0.25) is 5.02 Å². The van der Waals surface area contributed by atoms with Gasteiger partial charge in [-0.3, -0.25) is 0 Å². The smallest absolute Gasteiger partial charge is 0.340 e. The fourth-order valence-electron chi connectivity index (χ4n) is 2.57. The predicted octanol–water partition coefficient (Wildman–Crippen LogP) is 4.68. The molecule has 0 saturated heterocycles. The molecule has 0 aliphatic heterocycles. The van der Waals surface area contributed by atoms with Gasteiger partial charge in [0.2, 0.25) is 0 Å². The Hall–Kier alpha value is -3.32. The summed E-state index contributed by atoms with van der Waals surface area (Å²) in [6.45, 7) is 3.94. The molecule has 0 bridgehead atoms. The van der Waals surface area contributed by atoms with Crippen molar-refractivity contribution in [2.75, 3.05) is 23.0 Å². The molecule has 28 heavy (non-hydrogen) atoms. The van der Waals surface area contributed by atoms with Gasteiger partial charge in [0, 0.05) is 10.7 Å². The van der Waals surface area contributed by atoms with E-state index in [2.05, 4.69) is 20.6 Å². The van der Waals surface area contributed by atoms with E-state index in [1.54, 1.807) is 31.2 Å². The van der Waals surface area contributed by atoms with Gasteiger partial charge >= 0.3 is 5.97 Å². The molecule has 2 aromatic carbocycles. The van der Waals surface area contributed by atoms with E-state index in [1.807, 2.05) is 25.1 Å². The molecule has 7 nitrogen and oxygen atoms in total. The maximum atomic E-state index is 12.2. The summed E-state index contributed by atoms with van der Waals surface area (Å²) in [4.78, 5) is 20.6. The van der Waals surface area contributed by atoms with Crippen LogP contribution in [0.4, 0.5) is 28.7 Å². The molecule has 4 N–H and O–H groups in total. The standard InChI is InChI=1S/C20H20ClN5O2/c1-3-28-20(27)13-7-4-5-9-16(13)26-19-17(22)18(23-11-24-19)25-15-10-6-8-14(21)12(15)2/h4-11H,3,22H2,1-2H3,(H2,23,24,25,26). The van der Waals surface area contributed by atoms with E-state index in [4.69, 9.17) is 22.1 Å². The third-order valence-electron chi connectivity index (χ3n) is 4.08. The number of rotatable bonds is 6. The van der Waals surface area contributed by atoms with Crippen LogP contribution in [0.15, 0.2) is 48.8 Å². The third-order valence-corrected chi connectivity index (χ3v) is 4.49. The van der Waals surface area contributed by atoms with E-state index >= 15 is 0 Å². The number of hydrogen-bond acceptors (Lipinski definition) is 7. The summed E-state index contributed by atoms with van der Waals surface area (Å²) in [7, 11) is 0. The first kappa shape index (κ1) is 19.4. The van der Waals surface area contributed by atoms with Crippen molar-refractivity contribution in [3.8, 4) is 0 Å². The van der Waals surface area contributed by atoms with Crippen LogP contribution in [0.1, 0.15) is 22.8 Å². The monoisotopic (exact) mass is 397 g/mol. The lowest BCUT2D eigenvalue weighted by Gasteiger charge is -2.15. The highest BCUT2D eigenvalue weighted by atomic mass is 35.5. The van der Waals surface area contributed by atoms with Crippen molar-refractivity contribution in [1.82, 2.24) is 9.97 Å². The second-order valence-electron chi connectivity index (χ2n) is 5.91. The normalized spacial score (nSPS) is 10.4. The molecule has 144 valence electrons. The lowest BCUT2D eigenvalue weighted by atomic mass is 10.1. The summed E-state index contributed by atoms with van der Waals surface area (Å²) in [5.74, 6) is 0.372. The Morgan fingerprint density at radius 3 is 2.43 bits per heavy atom. The van der Waals surface area contributed by atoms with Gasteiger partial charge in [-0.2, -0.15) is 0 Å². The highest BCUT2D eigenvalue weighted by molar-refractivity contribution is 6.31. The van der Waals surface area contributed by atoms with Crippen LogP contribution in [0.5, 0.6) is 0 Å². The number of ether oxygens (including phenoxy) is 1. The molecule has 1 heterocycles. The fourth-order valence-corrected chi connectivity index (χ4v) is 2.75. The molecule has 0 fully saturated rings. The number of halogens is 1. The van der Waals surface area contributed by atoms with Gasteiger partial charge in [-0.1, -0.05) is 29.8 Å². The summed E-state index contributed by atoms with van der Waals surface area (Å²) in [6.07, 6.45) is 1.38. The van der Waals surface area contributed by atoms with Crippen LogP contribution in [0, 0.1) is 6.92 Å². The lowest BCUT2D eigenvalue weighted by Crippen LogP contribution is -2.10. The number of nitrogens with zero attached hydrogens (tertiary/aromatic N) is 2. The van der Waals surface area contributed by atoms with E-state index in [9.17, 15) is 4.79 Å². The summed E-state index contributed by atoms with van der Waals surface area (Å²) >= 11 is 6.17. The highest BCUT2D eigenvalue weighted by Gasteiger charge is 2.15. The minimum absolute atomic E-state index is 0.288. The Kier molecular flexibility index (Phi) is 5.96. The maximum absolute atomic E-state index is 12.2. The van der Waals surface area contributed by atoms with E-state index in [1.165, 1.54) is 6.33 Å². The second-order valence-corrected chi connectivity index (χ2v) is 6.32. The Labute approximate surface area is 167 Å². The van der Waals surface area contributed by atoms with Crippen molar-refractivity contribution in [1.29, 1.82) is 0 Å². The number of nitrogen functional groups attached to an aromatic ring is 1. The molecule has 0 aliphatic carbocycles. The van der Waals surface area contributed by atoms with Gasteiger partial charge in [-0.05, 0) is 43.7 Å². The number of nitrogens with two attached hydrogens (primary N) is 1. The van der Waals surface area contributed by atoms with E-state index in [-0.39, 0.29) is 6.61 Å². The molecule has 1 aromatic heterocycles. The zero-order valence-electron chi connectivity index (χ0n) is 15.5.